The first-order valence-electron chi connectivity index (χ1n) is 13.6. The fourth-order valence-electron chi connectivity index (χ4n) is 6.15. The Kier molecular flexibility index (Phi) is 10.5. The van der Waals surface area contributed by atoms with E-state index in [9.17, 15) is 9.18 Å². The summed E-state index contributed by atoms with van der Waals surface area (Å²) in [6.45, 7) is 4.32. The van der Waals surface area contributed by atoms with Gasteiger partial charge in [-0.2, -0.15) is 0 Å². The van der Waals surface area contributed by atoms with Gasteiger partial charge in [-0.15, -0.1) is 0 Å². The molecule has 0 aromatic heterocycles. The Morgan fingerprint density at radius 3 is 2.06 bits per heavy atom. The van der Waals surface area contributed by atoms with Crippen molar-refractivity contribution in [1.29, 1.82) is 0 Å². The summed E-state index contributed by atoms with van der Waals surface area (Å²) in [5.41, 5.74) is 0.689. The third-order valence-corrected chi connectivity index (χ3v) is 8.20. The van der Waals surface area contributed by atoms with Crippen molar-refractivity contribution in [1.82, 2.24) is 0 Å². The molecule has 2 aliphatic carbocycles. The topological polar surface area (TPSA) is 26.3 Å². The Balaban J connectivity index is 1.31. The van der Waals surface area contributed by atoms with E-state index in [0.717, 1.165) is 30.6 Å². The molecule has 0 radical (unpaired) electrons. The van der Waals surface area contributed by atoms with Crippen LogP contribution in [0, 0.1) is 29.5 Å². The predicted molar refractivity (Wildman–Crippen MR) is 130 cm³/mol. The molecule has 0 N–H and O–H groups in total. The Labute approximate surface area is 195 Å². The summed E-state index contributed by atoms with van der Waals surface area (Å²) < 4.78 is 19.5. The molecular weight excluding hydrogens is 399 g/mol. The SMILES string of the molecule is CCCCCC1CCC(C2CCC(CCC(=O)Oc3ccc(CCC)c(F)c3)CC2)CC1. The largest absolute Gasteiger partial charge is 0.426 e. The molecule has 0 heterocycles. The second-order valence-corrected chi connectivity index (χ2v) is 10.6. The summed E-state index contributed by atoms with van der Waals surface area (Å²) in [6.07, 6.45) is 19.6. The molecule has 0 aliphatic heterocycles. The van der Waals surface area contributed by atoms with E-state index in [1.54, 1.807) is 12.1 Å². The molecular formula is C29H45FO2. The number of hydrogen-bond donors (Lipinski definition) is 0. The fraction of sp³-hybridized carbons (Fsp3) is 0.759. The van der Waals surface area contributed by atoms with E-state index in [1.807, 2.05) is 6.92 Å². The standard InChI is InChI=1S/C29H45FO2/c1-3-5-6-8-22-9-14-24(15-10-22)25-16-11-23(12-17-25)13-20-29(31)32-27-19-18-26(7-4-2)28(30)21-27/h18-19,21-25H,3-17,20H2,1-2H3. The number of hydrogen-bond acceptors (Lipinski definition) is 2. The smallest absolute Gasteiger partial charge is 0.311 e. The van der Waals surface area contributed by atoms with Gasteiger partial charge < -0.3 is 4.74 Å². The maximum Gasteiger partial charge on any atom is 0.311 e. The van der Waals surface area contributed by atoms with Crippen molar-refractivity contribution in [3.05, 3.63) is 29.6 Å². The van der Waals surface area contributed by atoms with Crippen LogP contribution in [0.1, 0.15) is 116 Å². The van der Waals surface area contributed by atoms with Crippen molar-refractivity contribution in [2.75, 3.05) is 0 Å². The van der Waals surface area contributed by atoms with E-state index in [1.165, 1.54) is 83.1 Å². The van der Waals surface area contributed by atoms with Gasteiger partial charge in [0.25, 0.3) is 0 Å². The van der Waals surface area contributed by atoms with Gasteiger partial charge in [-0.05, 0) is 73.8 Å². The van der Waals surface area contributed by atoms with Gasteiger partial charge in [-0.25, -0.2) is 4.39 Å². The van der Waals surface area contributed by atoms with Gasteiger partial charge in [0.15, 0.2) is 0 Å². The first-order chi connectivity index (χ1) is 15.6. The van der Waals surface area contributed by atoms with Crippen LogP contribution in [-0.4, -0.2) is 5.97 Å². The van der Waals surface area contributed by atoms with E-state index >= 15 is 0 Å². The minimum absolute atomic E-state index is 0.226. The highest BCUT2D eigenvalue weighted by Crippen LogP contribution is 2.43. The first-order valence-corrected chi connectivity index (χ1v) is 13.6. The molecule has 2 nitrogen and oxygen atoms in total. The Bertz CT molecular complexity index is 684. The van der Waals surface area contributed by atoms with Crippen molar-refractivity contribution < 1.29 is 13.9 Å². The average Bonchev–Trinajstić information content (AvgIpc) is 2.81. The number of carbonyl (C=O) groups is 1. The van der Waals surface area contributed by atoms with Crippen molar-refractivity contribution >= 4 is 5.97 Å². The quantitative estimate of drug-likeness (QED) is 0.194. The van der Waals surface area contributed by atoms with Crippen LogP contribution in [0.25, 0.3) is 0 Å². The van der Waals surface area contributed by atoms with Gasteiger partial charge in [0.2, 0.25) is 0 Å². The van der Waals surface area contributed by atoms with Gasteiger partial charge in [-0.1, -0.05) is 77.7 Å². The summed E-state index contributed by atoms with van der Waals surface area (Å²) in [6, 6.07) is 4.81. The molecule has 3 heteroatoms. The zero-order valence-electron chi connectivity index (χ0n) is 20.5. The number of benzene rings is 1. The molecule has 3 rings (SSSR count). The molecule has 0 bridgehead atoms. The molecule has 1 aromatic rings. The van der Waals surface area contributed by atoms with E-state index in [-0.39, 0.29) is 11.8 Å². The molecule has 0 spiro atoms. The number of halogens is 1. The van der Waals surface area contributed by atoms with E-state index in [2.05, 4.69) is 6.92 Å². The third-order valence-electron chi connectivity index (χ3n) is 8.20. The number of unbranched alkanes of at least 4 members (excludes halogenated alkanes) is 2. The monoisotopic (exact) mass is 444 g/mol. The number of rotatable bonds is 11. The summed E-state index contributed by atoms with van der Waals surface area (Å²) in [5.74, 6) is 3.35. The van der Waals surface area contributed by atoms with E-state index in [4.69, 9.17) is 4.74 Å². The lowest BCUT2D eigenvalue weighted by Gasteiger charge is -2.38. The number of ether oxygens (including phenoxy) is 1. The van der Waals surface area contributed by atoms with Crippen LogP contribution >= 0.6 is 0 Å². The molecule has 180 valence electrons. The van der Waals surface area contributed by atoms with Crippen LogP contribution < -0.4 is 4.74 Å². The fourth-order valence-corrected chi connectivity index (χ4v) is 6.15. The maximum atomic E-state index is 14.1. The van der Waals surface area contributed by atoms with Crippen molar-refractivity contribution in [3.63, 3.8) is 0 Å². The molecule has 2 fully saturated rings. The average molecular weight is 445 g/mol. The van der Waals surface area contributed by atoms with Gasteiger partial charge in [0.05, 0.1) is 0 Å². The van der Waals surface area contributed by atoms with Gasteiger partial charge in [0, 0.05) is 12.5 Å². The second kappa shape index (κ2) is 13.4. The third kappa shape index (κ3) is 7.89. The molecule has 0 amide bonds. The molecule has 2 aliphatic rings. The normalized spacial score (nSPS) is 26.1. The van der Waals surface area contributed by atoms with Gasteiger partial charge in [0.1, 0.15) is 11.6 Å². The Hall–Kier alpha value is -1.38. The minimum atomic E-state index is -0.273. The highest BCUT2D eigenvalue weighted by molar-refractivity contribution is 5.72. The van der Waals surface area contributed by atoms with Gasteiger partial charge >= 0.3 is 5.97 Å². The van der Waals surface area contributed by atoms with Crippen molar-refractivity contribution in [2.24, 2.45) is 23.7 Å². The second-order valence-electron chi connectivity index (χ2n) is 10.6. The lowest BCUT2D eigenvalue weighted by molar-refractivity contribution is -0.134. The summed E-state index contributed by atoms with van der Waals surface area (Å²) in [4.78, 5) is 12.3. The predicted octanol–water partition coefficient (Wildman–Crippen LogP) is 8.66. The Morgan fingerprint density at radius 2 is 1.50 bits per heavy atom. The molecule has 32 heavy (non-hydrogen) atoms. The highest BCUT2D eigenvalue weighted by Gasteiger charge is 2.30. The zero-order chi connectivity index (χ0) is 22.8. The zero-order valence-corrected chi connectivity index (χ0v) is 20.5. The molecule has 2 saturated carbocycles. The van der Waals surface area contributed by atoms with Crippen LogP contribution in [0.2, 0.25) is 0 Å². The van der Waals surface area contributed by atoms with E-state index < -0.39 is 0 Å². The van der Waals surface area contributed by atoms with Crippen LogP contribution in [-0.2, 0) is 11.2 Å². The number of aryl methyl sites for hydroxylation is 1. The van der Waals surface area contributed by atoms with Crippen LogP contribution in [0.3, 0.4) is 0 Å². The highest BCUT2D eigenvalue weighted by atomic mass is 19.1. The molecule has 1 aromatic carbocycles. The Morgan fingerprint density at radius 1 is 0.875 bits per heavy atom. The lowest BCUT2D eigenvalue weighted by Crippen LogP contribution is -2.26. The summed E-state index contributed by atoms with van der Waals surface area (Å²) in [7, 11) is 0. The number of esters is 1. The minimum Gasteiger partial charge on any atom is -0.426 e. The summed E-state index contributed by atoms with van der Waals surface area (Å²) in [5, 5.41) is 0. The van der Waals surface area contributed by atoms with Crippen LogP contribution in [0.4, 0.5) is 4.39 Å². The van der Waals surface area contributed by atoms with Gasteiger partial charge in [-0.3, -0.25) is 4.79 Å². The summed E-state index contributed by atoms with van der Waals surface area (Å²) >= 11 is 0. The molecule has 0 atom stereocenters. The van der Waals surface area contributed by atoms with Crippen molar-refractivity contribution in [2.45, 2.75) is 117 Å². The van der Waals surface area contributed by atoms with Crippen LogP contribution in [0.15, 0.2) is 18.2 Å². The van der Waals surface area contributed by atoms with Crippen LogP contribution in [0.5, 0.6) is 5.75 Å². The number of carbonyl (C=O) groups excluding carboxylic acids is 1. The first kappa shape index (κ1) is 25.2. The maximum absolute atomic E-state index is 14.1. The molecule has 0 unspecified atom stereocenters. The van der Waals surface area contributed by atoms with Crippen molar-refractivity contribution in [3.8, 4) is 5.75 Å². The lowest BCUT2D eigenvalue weighted by atomic mass is 9.68. The molecule has 0 saturated heterocycles. The van der Waals surface area contributed by atoms with E-state index in [0.29, 0.717) is 30.1 Å².